The molecule has 3 radical (unpaired) electrons. The van der Waals surface area contributed by atoms with Gasteiger partial charge in [0.2, 0.25) is 0 Å². The van der Waals surface area contributed by atoms with Crippen molar-refractivity contribution in [1.29, 1.82) is 0 Å². The van der Waals surface area contributed by atoms with E-state index in [0.29, 0.717) is 0 Å². The van der Waals surface area contributed by atoms with Crippen LogP contribution in [-0.4, -0.2) is 52.4 Å². The van der Waals surface area contributed by atoms with Crippen LogP contribution >= 0.6 is 0 Å². The van der Waals surface area contributed by atoms with Crippen molar-refractivity contribution in [1.82, 2.24) is 6.15 Å². The smallest absolute Gasteiger partial charge is 0.0311 e. The molecule has 0 amide bonds. The molecule has 0 unspecified atom stereocenters. The fourth-order valence-corrected chi connectivity index (χ4v) is 0. The van der Waals surface area contributed by atoms with E-state index in [1.54, 1.807) is 0 Å². The molecule has 75 valence electrons. The quantitative estimate of drug-likeness (QED) is 0.266. The fraction of sp³-hybridized carbons (Fsp3) is 0. The van der Waals surface area contributed by atoms with Crippen molar-refractivity contribution < 1.29 is 35.0 Å². The molecule has 0 saturated carbocycles. The summed E-state index contributed by atoms with van der Waals surface area (Å²) >= 11 is 0. The summed E-state index contributed by atoms with van der Waals surface area (Å²) in [5, 5.41) is 0. The van der Waals surface area contributed by atoms with Crippen molar-refractivity contribution in [3.05, 3.63) is 0 Å². The first kappa shape index (κ1) is 22.8. The van der Waals surface area contributed by atoms with E-state index in [-0.39, 0.29) is 23.5 Å². The zero-order valence-corrected chi connectivity index (χ0v) is 8.45. The summed E-state index contributed by atoms with van der Waals surface area (Å²) in [5.74, 6) is 0. The van der Waals surface area contributed by atoms with Gasteiger partial charge in [-0.25, -0.2) is 0 Å². The molecule has 0 aliphatic rings. The van der Waals surface area contributed by atoms with Crippen LogP contribution in [0.5, 0.6) is 0 Å². The zero-order chi connectivity index (χ0) is 9.00. The van der Waals surface area contributed by atoms with E-state index < -0.39 is 20.8 Å². The van der Waals surface area contributed by atoms with Crippen molar-refractivity contribution >= 4 is 38.2 Å². The second kappa shape index (κ2) is 7.86. The lowest BCUT2D eigenvalue weighted by Crippen LogP contribution is -1.91. The topological polar surface area (TPSA) is 197 Å². The SMILES string of the molecule is O=S(=O)([O-])[O-].O=S(=O)([O-])[O-].[Al].[NH4+]. The Morgan fingerprint density at radius 2 is 0.667 bits per heavy atom. The highest BCUT2D eigenvalue weighted by molar-refractivity contribution is 7.79. The molecule has 9 nitrogen and oxygen atoms in total. The average Bonchev–Trinajstić information content (AvgIpc) is 1.12. The van der Waals surface area contributed by atoms with E-state index in [1.165, 1.54) is 0 Å². The van der Waals surface area contributed by atoms with Crippen LogP contribution < -0.4 is 6.15 Å². The number of rotatable bonds is 0. The first-order valence-electron chi connectivity index (χ1n) is 1.33. The lowest BCUT2D eigenvalue weighted by atomic mass is 14.0. The fourth-order valence-electron chi connectivity index (χ4n) is 0. The van der Waals surface area contributed by atoms with Gasteiger partial charge < -0.3 is 24.4 Å². The Bertz CT molecular complexity index is 213. The maximum atomic E-state index is 8.52. The summed E-state index contributed by atoms with van der Waals surface area (Å²) in [7, 11) is -10.3. The first-order chi connectivity index (χ1) is 4.00. The van der Waals surface area contributed by atoms with Gasteiger partial charge in [-0.1, -0.05) is 0 Å². The van der Waals surface area contributed by atoms with Gasteiger partial charge in [0, 0.05) is 38.2 Å². The molecular weight excluding hydrogens is 233 g/mol. The van der Waals surface area contributed by atoms with Crippen LogP contribution in [0, 0.1) is 0 Å². The molecule has 0 saturated heterocycles. The summed E-state index contributed by atoms with van der Waals surface area (Å²) in [6, 6.07) is 0. The van der Waals surface area contributed by atoms with Crippen molar-refractivity contribution in [3.8, 4) is 0 Å². The minimum atomic E-state index is -5.17. The van der Waals surface area contributed by atoms with Crippen LogP contribution in [0.15, 0.2) is 0 Å². The number of quaternary nitrogens is 1. The van der Waals surface area contributed by atoms with Gasteiger partial charge in [0.15, 0.2) is 0 Å². The summed E-state index contributed by atoms with van der Waals surface area (Å²) in [4.78, 5) is 0. The lowest BCUT2D eigenvalue weighted by molar-refractivity contribution is 0.350. The van der Waals surface area contributed by atoms with Gasteiger partial charge >= 0.3 is 0 Å². The first-order valence-corrected chi connectivity index (χ1v) is 4.00. The standard InChI is InChI=1S/Al.H3N.2H2O4S/c;;2*1-5(2,3)4/h;1H3;2*(H2,1,2,3,4)/p-3. The van der Waals surface area contributed by atoms with E-state index >= 15 is 0 Å². The Morgan fingerprint density at radius 1 is 0.667 bits per heavy atom. The Balaban J connectivity index is -0.0000000457. The van der Waals surface area contributed by atoms with E-state index in [9.17, 15) is 0 Å². The predicted octanol–water partition coefficient (Wildman–Crippen LogP) is -2.68. The summed E-state index contributed by atoms with van der Waals surface area (Å²) in [6.07, 6.45) is 0. The van der Waals surface area contributed by atoms with Crippen LogP contribution in [-0.2, 0) is 20.8 Å². The molecule has 4 N–H and O–H groups in total. The molecule has 0 heterocycles. The van der Waals surface area contributed by atoms with Crippen molar-refractivity contribution in [2.75, 3.05) is 0 Å². The van der Waals surface area contributed by atoms with E-state index in [2.05, 4.69) is 0 Å². The van der Waals surface area contributed by atoms with Crippen molar-refractivity contribution in [2.45, 2.75) is 0 Å². The van der Waals surface area contributed by atoms with Crippen LogP contribution in [0.4, 0.5) is 0 Å². The second-order valence-corrected chi connectivity index (χ2v) is 2.45. The largest absolute Gasteiger partial charge is 0.759 e. The molecule has 12 heavy (non-hydrogen) atoms. The Labute approximate surface area is 79.7 Å². The van der Waals surface area contributed by atoms with Crippen LogP contribution in [0.1, 0.15) is 0 Å². The Morgan fingerprint density at radius 3 is 0.667 bits per heavy atom. The predicted molar refractivity (Wildman–Crippen MR) is 32.7 cm³/mol. The summed E-state index contributed by atoms with van der Waals surface area (Å²) in [5.41, 5.74) is 0. The molecule has 0 aromatic rings. The summed E-state index contributed by atoms with van der Waals surface area (Å²) < 4.78 is 68.2. The van der Waals surface area contributed by atoms with E-state index in [1.807, 2.05) is 0 Å². The third-order valence-corrected chi connectivity index (χ3v) is 0. The average molecular weight is 237 g/mol. The molecule has 0 atom stereocenters. The third-order valence-electron chi connectivity index (χ3n) is 0. The Hall–Kier alpha value is 0.232. The minimum absolute atomic E-state index is 0. The number of hydrogen-bond acceptors (Lipinski definition) is 8. The lowest BCUT2D eigenvalue weighted by Gasteiger charge is -2.06. The van der Waals surface area contributed by atoms with Crippen LogP contribution in [0.3, 0.4) is 0 Å². The van der Waals surface area contributed by atoms with Gasteiger partial charge in [0.1, 0.15) is 0 Å². The second-order valence-electron chi connectivity index (χ2n) is 0.816. The van der Waals surface area contributed by atoms with Crippen LogP contribution in [0.25, 0.3) is 0 Å². The highest BCUT2D eigenvalue weighted by atomic mass is 32.3. The highest BCUT2D eigenvalue weighted by Crippen LogP contribution is 1.58. The maximum Gasteiger partial charge on any atom is 0.0311 e. The highest BCUT2D eigenvalue weighted by Gasteiger charge is 1.50. The number of hydrogen-bond donors (Lipinski definition) is 1. The molecule has 0 aliphatic heterocycles. The van der Waals surface area contributed by atoms with Crippen LogP contribution in [0.2, 0.25) is 0 Å². The van der Waals surface area contributed by atoms with E-state index in [0.717, 1.165) is 0 Å². The van der Waals surface area contributed by atoms with Gasteiger partial charge in [0.25, 0.3) is 0 Å². The zero-order valence-electron chi connectivity index (χ0n) is 5.66. The Kier molecular flexibility index (Phi) is 14.9. The molecule has 0 spiro atoms. The molecule has 0 rings (SSSR count). The molecule has 0 aliphatic carbocycles. The van der Waals surface area contributed by atoms with Gasteiger partial charge in [0.05, 0.1) is 0 Å². The van der Waals surface area contributed by atoms with Crippen molar-refractivity contribution in [3.63, 3.8) is 0 Å². The van der Waals surface area contributed by atoms with E-state index in [4.69, 9.17) is 35.0 Å². The maximum absolute atomic E-state index is 8.52. The minimum Gasteiger partial charge on any atom is -0.759 e. The van der Waals surface area contributed by atoms with Gasteiger partial charge in [-0.3, -0.25) is 16.8 Å². The van der Waals surface area contributed by atoms with Gasteiger partial charge in [-0.05, 0) is 0 Å². The van der Waals surface area contributed by atoms with Gasteiger partial charge in [-0.2, -0.15) is 0 Å². The van der Waals surface area contributed by atoms with Gasteiger partial charge in [-0.15, -0.1) is 0 Å². The van der Waals surface area contributed by atoms with Crippen molar-refractivity contribution in [2.24, 2.45) is 0 Å². The molecule has 0 aromatic carbocycles. The molecular formula is H4AlNO8S2-3. The normalized spacial score (nSPS) is 9.67. The molecule has 0 aromatic heterocycles. The monoisotopic (exact) mass is 237 g/mol. The third kappa shape index (κ3) is 16100. The molecule has 0 bridgehead atoms. The molecule has 12 heteroatoms. The molecule has 0 fully saturated rings. The summed E-state index contributed by atoms with van der Waals surface area (Å²) in [6.45, 7) is 0.